The average Bonchev–Trinajstić information content (AvgIpc) is 2.32. The summed E-state index contributed by atoms with van der Waals surface area (Å²) >= 11 is 0. The van der Waals surface area contributed by atoms with E-state index in [2.05, 4.69) is 15.3 Å². The van der Waals surface area contributed by atoms with Crippen LogP contribution in [0.1, 0.15) is 0 Å². The summed E-state index contributed by atoms with van der Waals surface area (Å²) in [5, 5.41) is 13.4. The van der Waals surface area contributed by atoms with E-state index in [0.29, 0.717) is 0 Å². The first-order valence-electron chi connectivity index (χ1n) is 4.72. The Morgan fingerprint density at radius 1 is 1.35 bits per heavy atom. The van der Waals surface area contributed by atoms with Crippen molar-refractivity contribution >= 4 is 17.2 Å². The lowest BCUT2D eigenvalue weighted by Gasteiger charge is -2.03. The van der Waals surface area contributed by atoms with Crippen LogP contribution < -0.4 is 10.9 Å². The number of anilines is 2. The smallest absolute Gasteiger partial charge is 0.311 e. The molecule has 0 unspecified atom stereocenters. The van der Waals surface area contributed by atoms with E-state index in [4.69, 9.17) is 0 Å². The average molecular weight is 232 g/mol. The quantitative estimate of drug-likeness (QED) is 0.615. The molecule has 0 saturated carbocycles. The molecule has 0 aliphatic rings. The Morgan fingerprint density at radius 3 is 2.88 bits per heavy atom. The van der Waals surface area contributed by atoms with Crippen LogP contribution in [0.5, 0.6) is 0 Å². The molecule has 2 aromatic rings. The maximum Gasteiger partial charge on any atom is 0.311 e. The Morgan fingerprint density at radius 2 is 2.18 bits per heavy atom. The molecule has 0 aliphatic carbocycles. The van der Waals surface area contributed by atoms with Crippen LogP contribution in [0.3, 0.4) is 0 Å². The maximum absolute atomic E-state index is 11.4. The summed E-state index contributed by atoms with van der Waals surface area (Å²) in [5.41, 5.74) is -0.350. The van der Waals surface area contributed by atoms with Gasteiger partial charge in [0.1, 0.15) is 5.69 Å². The molecular formula is C10H8N4O3. The first-order valence-corrected chi connectivity index (χ1v) is 4.72. The fourth-order valence-corrected chi connectivity index (χ4v) is 1.29. The van der Waals surface area contributed by atoms with Gasteiger partial charge in [0.15, 0.2) is 0 Å². The number of pyridine rings is 2. The lowest BCUT2D eigenvalue weighted by Crippen LogP contribution is -2.11. The number of aromatic nitrogens is 2. The Balaban J connectivity index is 2.40. The third kappa shape index (κ3) is 2.28. The number of nitrogens with one attached hydrogen (secondary N) is 2. The van der Waals surface area contributed by atoms with Crippen LogP contribution in [-0.4, -0.2) is 14.9 Å². The van der Waals surface area contributed by atoms with Gasteiger partial charge in [0.25, 0.3) is 5.56 Å². The predicted octanol–water partition coefficient (Wildman–Crippen LogP) is 1.42. The molecule has 0 radical (unpaired) electrons. The molecule has 86 valence electrons. The van der Waals surface area contributed by atoms with Crippen LogP contribution in [0.4, 0.5) is 17.2 Å². The third-order valence-corrected chi connectivity index (χ3v) is 2.05. The molecule has 0 amide bonds. The van der Waals surface area contributed by atoms with Gasteiger partial charge in [-0.3, -0.25) is 14.9 Å². The predicted molar refractivity (Wildman–Crippen MR) is 61.2 cm³/mol. The van der Waals surface area contributed by atoms with Crippen molar-refractivity contribution in [3.05, 3.63) is 57.1 Å². The SMILES string of the molecule is O=c1[nH]cccc1Nc1ncccc1[N+](=O)[O-]. The molecule has 0 bridgehead atoms. The summed E-state index contributed by atoms with van der Waals surface area (Å²) in [6.07, 6.45) is 2.88. The topological polar surface area (TPSA) is 101 Å². The highest BCUT2D eigenvalue weighted by molar-refractivity contribution is 5.64. The van der Waals surface area contributed by atoms with E-state index in [9.17, 15) is 14.9 Å². The maximum atomic E-state index is 11.4. The van der Waals surface area contributed by atoms with Crippen molar-refractivity contribution in [1.29, 1.82) is 0 Å². The summed E-state index contributed by atoms with van der Waals surface area (Å²) in [6.45, 7) is 0. The molecule has 0 saturated heterocycles. The number of H-pyrrole nitrogens is 1. The van der Waals surface area contributed by atoms with E-state index in [1.807, 2.05) is 0 Å². The second kappa shape index (κ2) is 4.44. The molecule has 2 aromatic heterocycles. The lowest BCUT2D eigenvalue weighted by atomic mass is 10.3. The molecule has 7 nitrogen and oxygen atoms in total. The number of hydrogen-bond acceptors (Lipinski definition) is 5. The number of aromatic amines is 1. The lowest BCUT2D eigenvalue weighted by molar-refractivity contribution is -0.384. The van der Waals surface area contributed by atoms with E-state index in [1.165, 1.54) is 30.6 Å². The minimum absolute atomic E-state index is 0.0363. The molecule has 0 fully saturated rings. The number of rotatable bonds is 3. The normalized spacial score (nSPS) is 9.88. The molecule has 0 atom stereocenters. The molecule has 17 heavy (non-hydrogen) atoms. The van der Waals surface area contributed by atoms with E-state index >= 15 is 0 Å². The van der Waals surface area contributed by atoms with Gasteiger partial charge < -0.3 is 10.3 Å². The van der Waals surface area contributed by atoms with Crippen LogP contribution in [0.25, 0.3) is 0 Å². The molecular weight excluding hydrogens is 224 g/mol. The van der Waals surface area contributed by atoms with Crippen molar-refractivity contribution in [2.75, 3.05) is 5.32 Å². The highest BCUT2D eigenvalue weighted by Gasteiger charge is 2.14. The van der Waals surface area contributed by atoms with Gasteiger partial charge in [-0.05, 0) is 18.2 Å². The summed E-state index contributed by atoms with van der Waals surface area (Å²) in [7, 11) is 0. The molecule has 0 aromatic carbocycles. The first-order chi connectivity index (χ1) is 8.18. The Kier molecular flexibility index (Phi) is 2.82. The monoisotopic (exact) mass is 232 g/mol. The summed E-state index contributed by atoms with van der Waals surface area (Å²) < 4.78 is 0. The number of nitrogens with zero attached hydrogens (tertiary/aromatic N) is 2. The molecule has 0 aliphatic heterocycles. The van der Waals surface area contributed by atoms with Gasteiger partial charge >= 0.3 is 5.69 Å². The van der Waals surface area contributed by atoms with Crippen molar-refractivity contribution in [3.63, 3.8) is 0 Å². The van der Waals surface area contributed by atoms with E-state index in [-0.39, 0.29) is 22.8 Å². The van der Waals surface area contributed by atoms with E-state index in [0.717, 1.165) is 0 Å². The van der Waals surface area contributed by atoms with Gasteiger partial charge in [0.2, 0.25) is 5.82 Å². The van der Waals surface area contributed by atoms with Gasteiger partial charge in [0, 0.05) is 18.5 Å². The highest BCUT2D eigenvalue weighted by atomic mass is 16.6. The summed E-state index contributed by atoms with van der Waals surface area (Å²) in [6, 6.07) is 5.89. The molecule has 2 heterocycles. The zero-order valence-electron chi connectivity index (χ0n) is 8.58. The van der Waals surface area contributed by atoms with Crippen LogP contribution in [0.15, 0.2) is 41.5 Å². The van der Waals surface area contributed by atoms with Gasteiger partial charge in [-0.25, -0.2) is 4.98 Å². The minimum Gasteiger partial charge on any atom is -0.330 e. The van der Waals surface area contributed by atoms with E-state index in [1.54, 1.807) is 6.07 Å². The Labute approximate surface area is 95.3 Å². The highest BCUT2D eigenvalue weighted by Crippen LogP contribution is 2.22. The Bertz CT molecular complexity index is 608. The number of nitro groups is 1. The second-order valence-electron chi connectivity index (χ2n) is 3.17. The zero-order chi connectivity index (χ0) is 12.3. The van der Waals surface area contributed by atoms with Crippen LogP contribution >= 0.6 is 0 Å². The van der Waals surface area contributed by atoms with Crippen LogP contribution in [-0.2, 0) is 0 Å². The fraction of sp³-hybridized carbons (Fsp3) is 0. The zero-order valence-corrected chi connectivity index (χ0v) is 8.58. The third-order valence-electron chi connectivity index (χ3n) is 2.05. The molecule has 7 heteroatoms. The van der Waals surface area contributed by atoms with Crippen molar-refractivity contribution < 1.29 is 4.92 Å². The largest absolute Gasteiger partial charge is 0.330 e. The molecule has 0 spiro atoms. The van der Waals surface area contributed by atoms with Crippen molar-refractivity contribution in [2.45, 2.75) is 0 Å². The van der Waals surface area contributed by atoms with Crippen LogP contribution in [0, 0.1) is 10.1 Å². The summed E-state index contributed by atoms with van der Waals surface area (Å²) in [4.78, 5) is 27.8. The van der Waals surface area contributed by atoms with Crippen molar-refractivity contribution in [3.8, 4) is 0 Å². The van der Waals surface area contributed by atoms with Gasteiger partial charge in [-0.2, -0.15) is 0 Å². The Hall–Kier alpha value is -2.70. The fourth-order valence-electron chi connectivity index (χ4n) is 1.29. The number of hydrogen-bond donors (Lipinski definition) is 2. The minimum atomic E-state index is -0.563. The van der Waals surface area contributed by atoms with Crippen LogP contribution in [0.2, 0.25) is 0 Å². The first kappa shape index (κ1) is 10.8. The standard InChI is InChI=1S/C10H8N4O3/c15-10-7(3-1-6-12-10)13-9-8(14(16)17)4-2-5-11-9/h1-6H,(H,11,13)(H,12,15). The summed E-state index contributed by atoms with van der Waals surface area (Å²) in [5.74, 6) is 0.0363. The molecule has 2 rings (SSSR count). The van der Waals surface area contributed by atoms with Gasteiger partial charge in [0.05, 0.1) is 4.92 Å². The molecule has 2 N–H and O–H groups in total. The van der Waals surface area contributed by atoms with E-state index < -0.39 is 4.92 Å². The van der Waals surface area contributed by atoms with Gasteiger partial charge in [-0.1, -0.05) is 0 Å². The van der Waals surface area contributed by atoms with Crippen molar-refractivity contribution in [1.82, 2.24) is 9.97 Å². The van der Waals surface area contributed by atoms with Crippen molar-refractivity contribution in [2.24, 2.45) is 0 Å². The second-order valence-corrected chi connectivity index (χ2v) is 3.17. The van der Waals surface area contributed by atoms with Gasteiger partial charge in [-0.15, -0.1) is 0 Å².